The zero-order chi connectivity index (χ0) is 10.6. The zero-order valence-corrected chi connectivity index (χ0v) is 17.3. The first kappa shape index (κ1) is 20.7. The van der Waals surface area contributed by atoms with Gasteiger partial charge in [-0.15, -0.1) is 0 Å². The molecule has 0 aliphatic heterocycles. The second-order valence-corrected chi connectivity index (χ2v) is 2.48. The third-order valence-corrected chi connectivity index (χ3v) is 1.29. The Morgan fingerprint density at radius 1 is 0.933 bits per heavy atom. The molecule has 0 aromatic carbocycles. The molecular formula is C6H10O7PbU. The van der Waals surface area contributed by atoms with E-state index in [1.165, 1.54) is 0 Å². The van der Waals surface area contributed by atoms with Gasteiger partial charge in [0.2, 0.25) is 0 Å². The molecule has 9 heteroatoms. The summed E-state index contributed by atoms with van der Waals surface area (Å²) < 4.78 is 0. The van der Waals surface area contributed by atoms with Crippen molar-refractivity contribution in [2.75, 3.05) is 0 Å². The van der Waals surface area contributed by atoms with Crippen LogP contribution in [0.5, 0.6) is 0 Å². The van der Waals surface area contributed by atoms with E-state index in [4.69, 9.17) is 20.4 Å². The average molecular weight is 639 g/mol. The molecule has 0 atom stereocenters. The summed E-state index contributed by atoms with van der Waals surface area (Å²) in [5.74, 6) is -5.02. The summed E-state index contributed by atoms with van der Waals surface area (Å²) in [5, 5.41) is 33.8. The van der Waals surface area contributed by atoms with Gasteiger partial charge in [0.1, 0.15) is 0 Å². The zero-order valence-electron chi connectivity index (χ0n) is 7.63. The molecule has 0 spiro atoms. The van der Waals surface area contributed by atoms with Gasteiger partial charge < -0.3 is 20.4 Å². The van der Waals surface area contributed by atoms with Crippen LogP contribution in [0, 0.1) is 31.1 Å². The molecule has 0 saturated carbocycles. The number of carboxylic acid groups (broad SMARTS) is 3. The number of aliphatic carboxylic acids is 3. The van der Waals surface area contributed by atoms with E-state index in [0.29, 0.717) is 0 Å². The predicted octanol–water partition coefficient (Wildman–Crippen LogP) is -2.16. The van der Waals surface area contributed by atoms with Gasteiger partial charge in [-0.2, -0.15) is 0 Å². The number of carbonyl (C=O) groups is 3. The maximum absolute atomic E-state index is 10.3. The number of carboxylic acids is 3. The molecular weight excluding hydrogens is 629 g/mol. The van der Waals surface area contributed by atoms with Gasteiger partial charge >= 0.3 is 45.2 Å². The van der Waals surface area contributed by atoms with Crippen molar-refractivity contribution in [3.63, 3.8) is 0 Å². The molecule has 84 valence electrons. The molecule has 0 saturated heterocycles. The van der Waals surface area contributed by atoms with Crippen LogP contribution in [-0.2, 0) is 14.4 Å². The van der Waals surface area contributed by atoms with E-state index in [2.05, 4.69) is 0 Å². The van der Waals surface area contributed by atoms with Crippen molar-refractivity contribution in [3.05, 3.63) is 0 Å². The Hall–Kier alpha value is 0.344. The quantitative estimate of drug-likeness (QED) is 0.252. The Morgan fingerprint density at radius 2 is 1.20 bits per heavy atom. The second kappa shape index (κ2) is 8.49. The fourth-order valence-electron chi connectivity index (χ4n) is 0.714. The molecule has 7 nitrogen and oxygen atoms in total. The topological polar surface area (TPSA) is 132 Å². The van der Waals surface area contributed by atoms with Crippen molar-refractivity contribution >= 4 is 45.2 Å². The summed E-state index contributed by atoms with van der Waals surface area (Å²) in [6.07, 6.45) is -2.29. The van der Waals surface area contributed by atoms with E-state index in [0.717, 1.165) is 0 Å². The normalized spacial score (nSPS) is 9.40. The van der Waals surface area contributed by atoms with Crippen molar-refractivity contribution in [2.24, 2.45) is 0 Å². The van der Waals surface area contributed by atoms with Crippen LogP contribution in [0.2, 0.25) is 0 Å². The van der Waals surface area contributed by atoms with Crippen molar-refractivity contribution in [2.45, 2.75) is 18.4 Å². The Labute approximate surface area is 128 Å². The summed E-state index contributed by atoms with van der Waals surface area (Å²) in [6, 6.07) is 0. The van der Waals surface area contributed by atoms with Gasteiger partial charge in [0.05, 0.1) is 12.8 Å². The smallest absolute Gasteiger partial charge is 0 e. The van der Waals surface area contributed by atoms with Gasteiger partial charge in [-0.25, -0.2) is 4.79 Å². The van der Waals surface area contributed by atoms with E-state index in [-0.39, 0.29) is 58.4 Å². The van der Waals surface area contributed by atoms with Crippen molar-refractivity contribution in [3.8, 4) is 0 Å². The van der Waals surface area contributed by atoms with E-state index in [9.17, 15) is 14.4 Å². The van der Waals surface area contributed by atoms with Gasteiger partial charge in [-0.05, 0) is 0 Å². The molecule has 0 heterocycles. The van der Waals surface area contributed by atoms with Gasteiger partial charge in [0.15, 0.2) is 5.60 Å². The molecule has 0 fully saturated rings. The Bertz CT molecular complexity index is 238. The molecule has 0 unspecified atom stereocenters. The monoisotopic (exact) mass is 640 g/mol. The summed E-state index contributed by atoms with van der Waals surface area (Å²) >= 11 is 0. The molecule has 15 heavy (non-hydrogen) atoms. The SMILES string of the molecule is O=C(O)CC(O)(CC(=O)O)C(=O)O.[PbH2].[U]. The van der Waals surface area contributed by atoms with Crippen LogP contribution < -0.4 is 0 Å². The van der Waals surface area contributed by atoms with Crippen LogP contribution in [-0.4, -0.2) is 71.2 Å². The fourth-order valence-corrected chi connectivity index (χ4v) is 0.714. The molecule has 0 aromatic heterocycles. The standard InChI is InChI=1S/C6H8O7.Pb.U.2H/c7-3(8)1-6(13,5(11)12)2-4(9)10;;;;/h13H,1-2H2,(H,7,8)(H,9,10)(H,11,12);;;;. The number of hydrogen-bond donors (Lipinski definition) is 4. The van der Waals surface area contributed by atoms with E-state index in [1.54, 1.807) is 0 Å². The first-order valence-corrected chi connectivity index (χ1v) is 3.17. The number of hydrogen-bond acceptors (Lipinski definition) is 4. The van der Waals surface area contributed by atoms with Gasteiger partial charge in [0.25, 0.3) is 0 Å². The maximum Gasteiger partial charge on any atom is 0 e. The summed E-state index contributed by atoms with van der Waals surface area (Å²) in [6.45, 7) is 0. The molecule has 0 bridgehead atoms. The van der Waals surface area contributed by atoms with Crippen LogP contribution in [0.4, 0.5) is 0 Å². The fraction of sp³-hybridized carbons (Fsp3) is 0.500. The number of aliphatic hydroxyl groups is 1. The van der Waals surface area contributed by atoms with Crippen LogP contribution >= 0.6 is 0 Å². The summed E-state index contributed by atoms with van der Waals surface area (Å²) in [4.78, 5) is 30.5. The predicted molar refractivity (Wildman–Crippen MR) is 45.6 cm³/mol. The van der Waals surface area contributed by atoms with Crippen molar-refractivity contribution in [1.82, 2.24) is 0 Å². The van der Waals surface area contributed by atoms with Gasteiger partial charge in [-0.3, -0.25) is 9.59 Å². The first-order chi connectivity index (χ1) is 5.78. The van der Waals surface area contributed by atoms with E-state index in [1.807, 2.05) is 0 Å². The average Bonchev–Trinajstić information content (AvgIpc) is 1.82. The first-order valence-electron chi connectivity index (χ1n) is 3.17. The minimum atomic E-state index is -2.74. The Kier molecular flexibility index (Phi) is 11.7. The van der Waals surface area contributed by atoms with E-state index >= 15 is 0 Å². The minimum absolute atomic E-state index is 0. The van der Waals surface area contributed by atoms with Crippen LogP contribution in [0.1, 0.15) is 12.8 Å². The van der Waals surface area contributed by atoms with Crippen LogP contribution in [0.3, 0.4) is 0 Å². The molecule has 0 aliphatic carbocycles. The van der Waals surface area contributed by atoms with Crippen LogP contribution in [0.15, 0.2) is 0 Å². The third kappa shape index (κ3) is 8.18. The molecule has 2 radical (unpaired) electrons. The Morgan fingerprint density at radius 3 is 1.33 bits per heavy atom. The largest absolute Gasteiger partial charge is 0 e. The van der Waals surface area contributed by atoms with Crippen molar-refractivity contribution < 1.29 is 65.9 Å². The van der Waals surface area contributed by atoms with Gasteiger partial charge in [0, 0.05) is 31.1 Å². The van der Waals surface area contributed by atoms with Crippen molar-refractivity contribution in [1.29, 1.82) is 0 Å². The maximum atomic E-state index is 10.3. The molecule has 0 aliphatic rings. The molecule has 4 N–H and O–H groups in total. The van der Waals surface area contributed by atoms with E-state index < -0.39 is 36.4 Å². The third-order valence-electron chi connectivity index (χ3n) is 1.29. The Balaban J connectivity index is -0.000000720. The second-order valence-electron chi connectivity index (χ2n) is 2.48. The molecule has 0 aromatic rings. The summed E-state index contributed by atoms with van der Waals surface area (Å²) in [5.41, 5.74) is -2.74. The minimum Gasteiger partial charge on any atom is 0 e. The molecule has 0 rings (SSSR count). The van der Waals surface area contributed by atoms with Gasteiger partial charge in [-0.1, -0.05) is 0 Å². The molecule has 0 amide bonds. The number of rotatable bonds is 5. The van der Waals surface area contributed by atoms with Crippen LogP contribution in [0.25, 0.3) is 0 Å². The summed E-state index contributed by atoms with van der Waals surface area (Å²) in [7, 11) is 0.